The molecule has 108 valence electrons. The van der Waals surface area contributed by atoms with Crippen LogP contribution in [0.2, 0.25) is 0 Å². The molecule has 0 heterocycles. The molecule has 0 aromatic heterocycles. The molecular formula is C14H16FNO3S. The van der Waals surface area contributed by atoms with Crippen LogP contribution < -0.4 is 0 Å². The summed E-state index contributed by atoms with van der Waals surface area (Å²) in [7, 11) is 0. The number of thioether (sulfide) groups is 1. The normalized spacial score (nSPS) is 13.6. The number of aliphatic hydroxyl groups is 2. The highest BCUT2D eigenvalue weighted by atomic mass is 32.2. The van der Waals surface area contributed by atoms with Crippen LogP contribution in [0.25, 0.3) is 0 Å². The highest BCUT2D eigenvalue weighted by molar-refractivity contribution is 8.13. The summed E-state index contributed by atoms with van der Waals surface area (Å²) >= 11 is 1.05. The van der Waals surface area contributed by atoms with E-state index < -0.39 is 18.0 Å². The van der Waals surface area contributed by atoms with E-state index >= 15 is 0 Å². The number of rotatable bonds is 6. The van der Waals surface area contributed by atoms with Crippen LogP contribution in [-0.2, 0) is 11.2 Å². The highest BCUT2D eigenvalue weighted by Gasteiger charge is 2.21. The molecule has 2 atom stereocenters. The van der Waals surface area contributed by atoms with Crippen LogP contribution in [-0.4, -0.2) is 27.2 Å². The van der Waals surface area contributed by atoms with E-state index in [1.807, 2.05) is 6.07 Å². The van der Waals surface area contributed by atoms with Crippen LogP contribution in [0, 0.1) is 17.1 Å². The number of hydrogen-bond acceptors (Lipinski definition) is 5. The molecule has 0 radical (unpaired) electrons. The molecule has 0 spiro atoms. The van der Waals surface area contributed by atoms with Gasteiger partial charge in [0.2, 0.25) is 0 Å². The molecule has 20 heavy (non-hydrogen) atoms. The van der Waals surface area contributed by atoms with E-state index in [2.05, 4.69) is 0 Å². The van der Waals surface area contributed by atoms with Gasteiger partial charge in [0.1, 0.15) is 11.9 Å². The van der Waals surface area contributed by atoms with Gasteiger partial charge in [0.05, 0.1) is 18.6 Å². The second-order valence-electron chi connectivity index (χ2n) is 4.32. The minimum Gasteiger partial charge on any atom is -0.390 e. The van der Waals surface area contributed by atoms with Crippen molar-refractivity contribution in [3.05, 3.63) is 35.1 Å². The van der Waals surface area contributed by atoms with Gasteiger partial charge in [-0.05, 0) is 29.7 Å². The topological polar surface area (TPSA) is 81.3 Å². The van der Waals surface area contributed by atoms with E-state index in [1.54, 1.807) is 0 Å². The highest BCUT2D eigenvalue weighted by Crippen LogP contribution is 2.25. The number of carbonyl (C=O) groups is 1. The number of hydrogen-bond donors (Lipinski definition) is 2. The second-order valence-corrected chi connectivity index (χ2v) is 5.59. The Balaban J connectivity index is 2.79. The Labute approximate surface area is 121 Å². The van der Waals surface area contributed by atoms with Gasteiger partial charge in [-0.15, -0.1) is 0 Å². The molecular weight excluding hydrogens is 281 g/mol. The third-order valence-corrected chi connectivity index (χ3v) is 3.63. The average molecular weight is 297 g/mol. The van der Waals surface area contributed by atoms with Crippen LogP contribution in [0.4, 0.5) is 4.39 Å². The first-order valence-corrected chi connectivity index (χ1v) is 7.09. The SMILES string of the molecule is CC(=O)SCCC(O)C(O)c1cc(F)ccc1CC#N. The lowest BCUT2D eigenvalue weighted by molar-refractivity contribution is -0.109. The molecule has 1 rings (SSSR count). The van der Waals surface area contributed by atoms with Crippen molar-refractivity contribution in [1.82, 2.24) is 0 Å². The predicted octanol–water partition coefficient (Wildman–Crippen LogP) is 1.96. The fraction of sp³-hybridized carbons (Fsp3) is 0.429. The van der Waals surface area contributed by atoms with E-state index in [0.717, 1.165) is 17.8 Å². The average Bonchev–Trinajstić information content (AvgIpc) is 2.39. The Kier molecular flexibility index (Phi) is 6.65. The zero-order valence-electron chi connectivity index (χ0n) is 11.0. The fourth-order valence-electron chi connectivity index (χ4n) is 1.78. The van der Waals surface area contributed by atoms with Gasteiger partial charge in [0.15, 0.2) is 5.12 Å². The Bertz CT molecular complexity index is 516. The Morgan fingerprint density at radius 3 is 2.80 bits per heavy atom. The molecule has 1 aromatic rings. The Hall–Kier alpha value is -1.42. The first-order chi connectivity index (χ1) is 9.45. The standard InChI is InChI=1S/C14H16FNO3S/c1-9(17)20-7-5-13(18)14(19)12-8-11(15)3-2-10(12)4-6-16/h2-3,8,13-14,18-19H,4-5,7H2,1H3. The van der Waals surface area contributed by atoms with Crippen LogP contribution in [0.15, 0.2) is 18.2 Å². The van der Waals surface area contributed by atoms with Crippen LogP contribution in [0.1, 0.15) is 30.6 Å². The van der Waals surface area contributed by atoms with Crippen molar-refractivity contribution >= 4 is 16.9 Å². The molecule has 0 bridgehead atoms. The quantitative estimate of drug-likeness (QED) is 0.839. The molecule has 2 unspecified atom stereocenters. The van der Waals surface area contributed by atoms with Gasteiger partial charge in [0.25, 0.3) is 0 Å². The minimum absolute atomic E-state index is 0.0294. The zero-order chi connectivity index (χ0) is 15.1. The van der Waals surface area contributed by atoms with Crippen molar-refractivity contribution in [3.8, 4) is 6.07 Å². The Morgan fingerprint density at radius 2 is 2.20 bits per heavy atom. The van der Waals surface area contributed by atoms with E-state index in [-0.39, 0.29) is 23.5 Å². The molecule has 0 aliphatic rings. The molecule has 2 N–H and O–H groups in total. The predicted molar refractivity (Wildman–Crippen MR) is 74.4 cm³/mol. The number of benzene rings is 1. The number of carbonyl (C=O) groups excluding carboxylic acids is 1. The molecule has 0 amide bonds. The molecule has 0 saturated heterocycles. The maximum absolute atomic E-state index is 13.2. The number of aliphatic hydroxyl groups excluding tert-OH is 2. The van der Waals surface area contributed by atoms with Gasteiger partial charge in [0, 0.05) is 12.7 Å². The van der Waals surface area contributed by atoms with Crippen molar-refractivity contribution < 1.29 is 19.4 Å². The lowest BCUT2D eigenvalue weighted by Crippen LogP contribution is -2.20. The van der Waals surface area contributed by atoms with Gasteiger partial charge < -0.3 is 10.2 Å². The number of halogens is 1. The lowest BCUT2D eigenvalue weighted by Gasteiger charge is -2.20. The third-order valence-electron chi connectivity index (χ3n) is 2.78. The number of nitrogens with zero attached hydrogens (tertiary/aromatic N) is 1. The lowest BCUT2D eigenvalue weighted by atomic mass is 9.96. The molecule has 0 aliphatic carbocycles. The molecule has 6 heteroatoms. The summed E-state index contributed by atoms with van der Waals surface area (Å²) in [5.74, 6) is -0.165. The summed E-state index contributed by atoms with van der Waals surface area (Å²) in [5, 5.41) is 28.6. The summed E-state index contributed by atoms with van der Waals surface area (Å²) in [6, 6.07) is 5.69. The summed E-state index contributed by atoms with van der Waals surface area (Å²) in [4.78, 5) is 10.8. The largest absolute Gasteiger partial charge is 0.390 e. The first kappa shape index (κ1) is 16.6. The van der Waals surface area contributed by atoms with E-state index in [1.165, 1.54) is 19.1 Å². The second kappa shape index (κ2) is 8.00. The van der Waals surface area contributed by atoms with Gasteiger partial charge in [-0.2, -0.15) is 5.26 Å². The molecule has 1 aromatic carbocycles. The van der Waals surface area contributed by atoms with Gasteiger partial charge in [-0.1, -0.05) is 17.8 Å². The van der Waals surface area contributed by atoms with Crippen molar-refractivity contribution in [2.75, 3.05) is 5.75 Å². The maximum atomic E-state index is 13.2. The van der Waals surface area contributed by atoms with E-state index in [4.69, 9.17) is 5.26 Å². The van der Waals surface area contributed by atoms with Gasteiger partial charge >= 0.3 is 0 Å². The summed E-state index contributed by atoms with van der Waals surface area (Å²) < 4.78 is 13.2. The Morgan fingerprint density at radius 1 is 1.50 bits per heavy atom. The van der Waals surface area contributed by atoms with Crippen molar-refractivity contribution in [1.29, 1.82) is 5.26 Å². The molecule has 0 aliphatic heterocycles. The molecule has 0 fully saturated rings. The third kappa shape index (κ3) is 4.93. The summed E-state index contributed by atoms with van der Waals surface area (Å²) in [5.41, 5.74) is 0.701. The maximum Gasteiger partial charge on any atom is 0.185 e. The van der Waals surface area contributed by atoms with Crippen LogP contribution in [0.3, 0.4) is 0 Å². The zero-order valence-corrected chi connectivity index (χ0v) is 11.9. The van der Waals surface area contributed by atoms with Crippen LogP contribution in [0.5, 0.6) is 0 Å². The van der Waals surface area contributed by atoms with Crippen molar-refractivity contribution in [2.24, 2.45) is 0 Å². The summed E-state index contributed by atoms with van der Waals surface area (Å²) in [6.45, 7) is 1.42. The van der Waals surface area contributed by atoms with E-state index in [9.17, 15) is 19.4 Å². The van der Waals surface area contributed by atoms with Crippen molar-refractivity contribution in [2.45, 2.75) is 32.0 Å². The van der Waals surface area contributed by atoms with Gasteiger partial charge in [-0.3, -0.25) is 4.79 Å². The smallest absolute Gasteiger partial charge is 0.185 e. The molecule has 0 saturated carbocycles. The van der Waals surface area contributed by atoms with Crippen molar-refractivity contribution in [3.63, 3.8) is 0 Å². The number of nitriles is 1. The summed E-state index contributed by atoms with van der Waals surface area (Å²) in [6.07, 6.45) is -2.15. The van der Waals surface area contributed by atoms with E-state index in [0.29, 0.717) is 11.3 Å². The monoisotopic (exact) mass is 297 g/mol. The molecule has 4 nitrogen and oxygen atoms in total. The van der Waals surface area contributed by atoms with Crippen LogP contribution >= 0.6 is 11.8 Å². The minimum atomic E-state index is -1.28. The first-order valence-electron chi connectivity index (χ1n) is 6.10. The fourth-order valence-corrected chi connectivity index (χ4v) is 2.42. The van der Waals surface area contributed by atoms with Gasteiger partial charge in [-0.25, -0.2) is 4.39 Å².